The van der Waals surface area contributed by atoms with Crippen molar-refractivity contribution >= 4 is 11.9 Å². The molecule has 5 nitrogen and oxygen atoms in total. The summed E-state index contributed by atoms with van der Waals surface area (Å²) < 4.78 is 0. The molecule has 0 aromatic heterocycles. The third-order valence-electron chi connectivity index (χ3n) is 4.10. The Hall–Kier alpha value is -1.10. The van der Waals surface area contributed by atoms with Crippen molar-refractivity contribution < 1.29 is 4.79 Å². The van der Waals surface area contributed by atoms with E-state index in [1.54, 1.807) is 0 Å². The van der Waals surface area contributed by atoms with E-state index in [4.69, 9.17) is 5.73 Å². The molecular weight excluding hydrogens is 228 g/mol. The number of rotatable bonds is 3. The zero-order chi connectivity index (χ0) is 13.3. The van der Waals surface area contributed by atoms with Crippen LogP contribution in [0.1, 0.15) is 40.0 Å². The molecule has 2 N–H and O–H groups in total. The van der Waals surface area contributed by atoms with E-state index in [9.17, 15) is 4.79 Å². The lowest BCUT2D eigenvalue weighted by Crippen LogP contribution is -2.61. The number of hydrogen-bond acceptors (Lipinski definition) is 3. The maximum atomic E-state index is 12.0. The van der Waals surface area contributed by atoms with E-state index in [0.29, 0.717) is 5.84 Å². The summed E-state index contributed by atoms with van der Waals surface area (Å²) in [6.45, 7) is 9.39. The van der Waals surface area contributed by atoms with Crippen LogP contribution in [0.25, 0.3) is 0 Å². The Labute approximate surface area is 109 Å². The van der Waals surface area contributed by atoms with E-state index in [-0.39, 0.29) is 17.6 Å². The highest BCUT2D eigenvalue weighted by molar-refractivity contribution is 6.06. The van der Waals surface area contributed by atoms with Crippen LogP contribution in [-0.4, -0.2) is 52.9 Å². The molecule has 0 saturated carbocycles. The van der Waals surface area contributed by atoms with Gasteiger partial charge in [-0.15, -0.1) is 0 Å². The lowest BCUT2D eigenvalue weighted by atomic mass is 9.84. The fourth-order valence-electron chi connectivity index (χ4n) is 3.24. The number of amidine groups is 1. The highest BCUT2D eigenvalue weighted by Gasteiger charge is 2.50. The number of amides is 2. The van der Waals surface area contributed by atoms with Crippen molar-refractivity contribution in [2.75, 3.05) is 19.6 Å². The first-order chi connectivity index (χ1) is 8.51. The molecule has 0 aromatic carbocycles. The summed E-state index contributed by atoms with van der Waals surface area (Å²) in [5, 5.41) is 0. The predicted molar refractivity (Wildman–Crippen MR) is 72.7 cm³/mol. The Morgan fingerprint density at radius 1 is 1.39 bits per heavy atom. The number of hydrogen-bond donors (Lipinski definition) is 1. The van der Waals surface area contributed by atoms with Gasteiger partial charge < -0.3 is 15.5 Å². The van der Waals surface area contributed by atoms with Crippen LogP contribution in [0.2, 0.25) is 0 Å². The maximum absolute atomic E-state index is 12.0. The first-order valence-corrected chi connectivity index (χ1v) is 6.91. The molecule has 102 valence electrons. The molecule has 18 heavy (non-hydrogen) atoms. The maximum Gasteiger partial charge on any atom is 0.346 e. The summed E-state index contributed by atoms with van der Waals surface area (Å²) in [4.78, 5) is 20.3. The van der Waals surface area contributed by atoms with Crippen molar-refractivity contribution in [1.29, 1.82) is 0 Å². The summed E-state index contributed by atoms with van der Waals surface area (Å²) in [7, 11) is 0. The minimum Gasteiger partial charge on any atom is -0.385 e. The fraction of sp³-hybridized carbons (Fsp3) is 0.846. The number of carbonyl (C=O) groups is 1. The van der Waals surface area contributed by atoms with Gasteiger partial charge >= 0.3 is 6.03 Å². The van der Waals surface area contributed by atoms with Crippen LogP contribution < -0.4 is 5.73 Å². The molecular formula is C13H24N4O. The van der Waals surface area contributed by atoms with E-state index >= 15 is 0 Å². The van der Waals surface area contributed by atoms with Crippen molar-refractivity contribution in [2.45, 2.75) is 51.6 Å². The van der Waals surface area contributed by atoms with Gasteiger partial charge in [-0.25, -0.2) is 4.79 Å². The third-order valence-corrected chi connectivity index (χ3v) is 4.10. The molecule has 1 fully saturated rings. The zero-order valence-corrected chi connectivity index (χ0v) is 11.6. The summed E-state index contributed by atoms with van der Waals surface area (Å²) in [5.74, 6) is 0.525. The molecule has 0 unspecified atom stereocenters. The summed E-state index contributed by atoms with van der Waals surface area (Å²) in [6.07, 6.45) is 2.99. The fourth-order valence-corrected chi connectivity index (χ4v) is 3.24. The number of likely N-dealkylation sites (tertiary alicyclic amines) is 1. The number of nitrogens with two attached hydrogens (primary N) is 1. The minimum atomic E-state index is -0.310. The van der Waals surface area contributed by atoms with Gasteiger partial charge in [0.1, 0.15) is 11.4 Å². The van der Waals surface area contributed by atoms with Gasteiger partial charge in [-0.1, -0.05) is 6.92 Å². The zero-order valence-electron chi connectivity index (χ0n) is 11.6. The Kier molecular flexibility index (Phi) is 3.61. The molecule has 2 aliphatic rings. The molecule has 5 heteroatoms. The smallest absolute Gasteiger partial charge is 0.346 e. The Bertz CT molecular complexity index is 356. The van der Waals surface area contributed by atoms with E-state index < -0.39 is 0 Å². The second kappa shape index (κ2) is 4.88. The number of piperidine rings is 1. The van der Waals surface area contributed by atoms with Crippen molar-refractivity contribution in [2.24, 2.45) is 10.7 Å². The van der Waals surface area contributed by atoms with Crippen LogP contribution in [0.15, 0.2) is 4.99 Å². The molecule has 0 aromatic rings. The van der Waals surface area contributed by atoms with Crippen molar-refractivity contribution in [3.63, 3.8) is 0 Å². The van der Waals surface area contributed by atoms with Crippen molar-refractivity contribution in [3.8, 4) is 0 Å². The molecule has 0 aliphatic carbocycles. The summed E-state index contributed by atoms with van der Waals surface area (Å²) in [6, 6.07) is -0.00790. The number of urea groups is 1. The third kappa shape index (κ3) is 2.00. The molecule has 0 bridgehead atoms. The van der Waals surface area contributed by atoms with E-state index in [1.165, 1.54) is 6.42 Å². The minimum absolute atomic E-state index is 0.153. The first-order valence-electron chi connectivity index (χ1n) is 6.91. The van der Waals surface area contributed by atoms with Gasteiger partial charge in [-0.05, 0) is 39.7 Å². The van der Waals surface area contributed by atoms with Crippen LogP contribution >= 0.6 is 0 Å². The topological polar surface area (TPSA) is 61.9 Å². The average molecular weight is 252 g/mol. The van der Waals surface area contributed by atoms with Crippen LogP contribution in [0.3, 0.4) is 0 Å². The summed E-state index contributed by atoms with van der Waals surface area (Å²) in [5.41, 5.74) is 5.74. The largest absolute Gasteiger partial charge is 0.385 e. The summed E-state index contributed by atoms with van der Waals surface area (Å²) >= 11 is 0. The van der Waals surface area contributed by atoms with Gasteiger partial charge in [0.15, 0.2) is 0 Å². The number of carbonyl (C=O) groups excluding carboxylic acids is 1. The predicted octanol–water partition coefficient (Wildman–Crippen LogP) is 1.43. The van der Waals surface area contributed by atoms with Crippen LogP contribution in [0.5, 0.6) is 0 Å². The van der Waals surface area contributed by atoms with Gasteiger partial charge in [0, 0.05) is 19.1 Å². The van der Waals surface area contributed by atoms with Gasteiger partial charge in [-0.2, -0.15) is 4.99 Å². The van der Waals surface area contributed by atoms with Crippen LogP contribution in [0, 0.1) is 0 Å². The molecule has 1 saturated heterocycles. The second-order valence-corrected chi connectivity index (χ2v) is 5.62. The average Bonchev–Trinajstić information content (AvgIpc) is 2.54. The van der Waals surface area contributed by atoms with Crippen molar-refractivity contribution in [1.82, 2.24) is 9.80 Å². The van der Waals surface area contributed by atoms with Gasteiger partial charge in [0.25, 0.3) is 0 Å². The number of aliphatic imine (C=N–C) groups is 1. The Morgan fingerprint density at radius 2 is 2.00 bits per heavy atom. The molecule has 2 amide bonds. The van der Waals surface area contributed by atoms with E-state index in [0.717, 1.165) is 32.5 Å². The highest BCUT2D eigenvalue weighted by atomic mass is 16.2. The van der Waals surface area contributed by atoms with Gasteiger partial charge in [0.05, 0.1) is 0 Å². The van der Waals surface area contributed by atoms with Crippen LogP contribution in [-0.2, 0) is 0 Å². The first kappa shape index (κ1) is 13.3. The quantitative estimate of drug-likeness (QED) is 0.826. The van der Waals surface area contributed by atoms with E-state index in [1.807, 2.05) is 18.7 Å². The molecule has 2 aliphatic heterocycles. The standard InChI is InChI=1S/C13H24N4O/c1-4-7-16-8-5-13(6-9-16)11(14)15-12(18)17(13)10(2)3/h10H,4-9H2,1-3H3,(H2,14,15,18). The SMILES string of the molecule is CCCN1CCC2(CC1)C(N)=NC(=O)N2C(C)C. The molecule has 2 rings (SSSR count). The Morgan fingerprint density at radius 3 is 2.50 bits per heavy atom. The van der Waals surface area contributed by atoms with Gasteiger partial charge in [0.2, 0.25) is 0 Å². The molecule has 1 spiro atoms. The Balaban J connectivity index is 2.15. The molecule has 0 radical (unpaired) electrons. The number of nitrogens with zero attached hydrogens (tertiary/aromatic N) is 3. The van der Waals surface area contributed by atoms with E-state index in [2.05, 4.69) is 16.8 Å². The van der Waals surface area contributed by atoms with Crippen molar-refractivity contribution in [3.05, 3.63) is 0 Å². The normalized spacial score (nSPS) is 24.1. The van der Waals surface area contributed by atoms with Gasteiger partial charge in [-0.3, -0.25) is 0 Å². The lowest BCUT2D eigenvalue weighted by Gasteiger charge is -2.45. The lowest BCUT2D eigenvalue weighted by molar-refractivity contribution is 0.0835. The molecule has 0 atom stereocenters. The highest BCUT2D eigenvalue weighted by Crippen LogP contribution is 2.35. The molecule has 2 heterocycles. The monoisotopic (exact) mass is 252 g/mol. The second-order valence-electron chi connectivity index (χ2n) is 5.62. The van der Waals surface area contributed by atoms with Crippen LogP contribution in [0.4, 0.5) is 4.79 Å².